The summed E-state index contributed by atoms with van der Waals surface area (Å²) in [5.41, 5.74) is 8.06. The van der Waals surface area contributed by atoms with Crippen molar-refractivity contribution in [2.75, 3.05) is 25.4 Å². The Balaban J connectivity index is 1.64. The Bertz CT molecular complexity index is 1130. The lowest BCUT2D eigenvalue weighted by Gasteiger charge is -2.24. The maximum Gasteiger partial charge on any atom is 0.422 e. The average molecular weight is 472 g/mol. The van der Waals surface area contributed by atoms with Gasteiger partial charge in [-0.05, 0) is 55.8 Å². The van der Waals surface area contributed by atoms with Crippen LogP contribution in [0.2, 0.25) is 0 Å². The van der Waals surface area contributed by atoms with Crippen molar-refractivity contribution < 1.29 is 22.7 Å². The van der Waals surface area contributed by atoms with Crippen LogP contribution in [-0.2, 0) is 0 Å². The van der Waals surface area contributed by atoms with Crippen LogP contribution in [0.1, 0.15) is 23.2 Å². The highest BCUT2D eigenvalue weighted by Crippen LogP contribution is 2.27. The molecule has 178 valence electrons. The van der Waals surface area contributed by atoms with Gasteiger partial charge in [0.25, 0.3) is 5.91 Å². The molecule has 0 bridgehead atoms. The Hall–Kier alpha value is -3.73. The molecule has 4 N–H and O–H groups in total. The van der Waals surface area contributed by atoms with Crippen LogP contribution >= 0.6 is 0 Å². The summed E-state index contributed by atoms with van der Waals surface area (Å²) in [6, 6.07) is 9.33. The van der Waals surface area contributed by atoms with Crippen molar-refractivity contribution in [3.05, 3.63) is 54.4 Å². The fourth-order valence-corrected chi connectivity index (χ4v) is 3.56. The molecule has 1 atom stereocenters. The highest BCUT2D eigenvalue weighted by atomic mass is 19.4. The number of halogens is 3. The Morgan fingerprint density at radius 3 is 2.41 bits per heavy atom. The van der Waals surface area contributed by atoms with Gasteiger partial charge in [0.15, 0.2) is 6.61 Å². The number of hydrogen-bond acceptors (Lipinski definition) is 7. The largest absolute Gasteiger partial charge is 0.484 e. The van der Waals surface area contributed by atoms with E-state index in [-0.39, 0.29) is 23.6 Å². The Morgan fingerprint density at radius 1 is 1.12 bits per heavy atom. The van der Waals surface area contributed by atoms with Crippen molar-refractivity contribution in [3.63, 3.8) is 0 Å². The minimum Gasteiger partial charge on any atom is -0.484 e. The molecule has 8 nitrogen and oxygen atoms in total. The lowest BCUT2D eigenvalue weighted by molar-refractivity contribution is -0.153. The highest BCUT2D eigenvalue weighted by Gasteiger charge is 2.28. The number of nitrogen functional groups attached to an aromatic ring is 1. The van der Waals surface area contributed by atoms with Crippen LogP contribution in [0, 0.1) is 0 Å². The van der Waals surface area contributed by atoms with Crippen molar-refractivity contribution in [3.8, 4) is 28.3 Å². The van der Waals surface area contributed by atoms with Crippen LogP contribution in [0.15, 0.2) is 48.8 Å². The zero-order valence-corrected chi connectivity index (χ0v) is 18.1. The summed E-state index contributed by atoms with van der Waals surface area (Å²) in [5, 5.41) is 6.29. The van der Waals surface area contributed by atoms with Crippen LogP contribution < -0.4 is 21.1 Å². The molecule has 0 spiro atoms. The number of benzene rings is 1. The van der Waals surface area contributed by atoms with E-state index < -0.39 is 12.8 Å². The van der Waals surface area contributed by atoms with Gasteiger partial charge in [-0.15, -0.1) is 0 Å². The summed E-state index contributed by atoms with van der Waals surface area (Å²) in [6.07, 6.45) is 0.453. The van der Waals surface area contributed by atoms with E-state index in [4.69, 9.17) is 10.5 Å². The van der Waals surface area contributed by atoms with Crippen molar-refractivity contribution >= 4 is 11.9 Å². The molecule has 2 aromatic heterocycles. The summed E-state index contributed by atoms with van der Waals surface area (Å²) >= 11 is 0. The van der Waals surface area contributed by atoms with Gasteiger partial charge >= 0.3 is 6.18 Å². The first-order chi connectivity index (χ1) is 16.3. The van der Waals surface area contributed by atoms with E-state index in [9.17, 15) is 18.0 Å². The normalized spacial score (nSPS) is 16.1. The number of nitrogens with two attached hydrogens (primary N) is 1. The standard InChI is InChI=1S/C23H23F3N6O2/c24-23(25,26)13-34-18-5-3-14(4-6-18)19-8-15(21(33)31-17-2-1-7-28-12-17)9-20(32-19)16-10-29-22(27)30-11-16/h3-6,8-11,17,28H,1-2,7,12-13H2,(H,31,33)(H2,27,29,30)/t17-/m1/s1. The molecule has 34 heavy (non-hydrogen) atoms. The molecule has 1 aliphatic heterocycles. The molecule has 1 amide bonds. The van der Waals surface area contributed by atoms with Crippen LogP contribution in [-0.4, -0.2) is 52.8 Å². The molecule has 0 radical (unpaired) electrons. The second-order valence-electron chi connectivity index (χ2n) is 7.90. The van der Waals surface area contributed by atoms with E-state index >= 15 is 0 Å². The number of carbonyl (C=O) groups excluding carboxylic acids is 1. The zero-order chi connectivity index (χ0) is 24.1. The predicted molar refractivity (Wildman–Crippen MR) is 120 cm³/mol. The Kier molecular flexibility index (Phi) is 6.92. The third-order valence-corrected chi connectivity index (χ3v) is 5.24. The molecule has 1 aliphatic rings. The monoisotopic (exact) mass is 472 g/mol. The summed E-state index contributed by atoms with van der Waals surface area (Å²) in [6.45, 7) is 0.245. The second-order valence-corrected chi connectivity index (χ2v) is 7.90. The molecule has 3 heterocycles. The molecule has 1 aromatic carbocycles. The smallest absolute Gasteiger partial charge is 0.422 e. The molecular weight excluding hydrogens is 449 g/mol. The van der Waals surface area contributed by atoms with Gasteiger partial charge in [0.1, 0.15) is 5.75 Å². The number of anilines is 1. The van der Waals surface area contributed by atoms with E-state index in [1.165, 1.54) is 24.5 Å². The molecule has 1 fully saturated rings. The molecule has 0 unspecified atom stereocenters. The van der Waals surface area contributed by atoms with Crippen molar-refractivity contribution in [1.29, 1.82) is 0 Å². The zero-order valence-electron chi connectivity index (χ0n) is 18.1. The fraction of sp³-hybridized carbons (Fsp3) is 0.304. The Labute approximate surface area is 193 Å². The van der Waals surface area contributed by atoms with Gasteiger partial charge < -0.3 is 21.1 Å². The lowest BCUT2D eigenvalue weighted by Crippen LogP contribution is -2.45. The van der Waals surface area contributed by atoms with Crippen molar-refractivity contribution in [2.24, 2.45) is 0 Å². The van der Waals surface area contributed by atoms with Crippen molar-refractivity contribution in [1.82, 2.24) is 25.6 Å². The van der Waals surface area contributed by atoms with E-state index in [0.717, 1.165) is 19.4 Å². The van der Waals surface area contributed by atoms with Crippen LogP contribution in [0.5, 0.6) is 5.75 Å². The first-order valence-electron chi connectivity index (χ1n) is 10.7. The number of nitrogens with zero attached hydrogens (tertiary/aromatic N) is 3. The summed E-state index contributed by atoms with van der Waals surface area (Å²) in [5.74, 6) is -0.0656. The number of aromatic nitrogens is 3. The van der Waals surface area contributed by atoms with Gasteiger partial charge in [-0.1, -0.05) is 0 Å². The van der Waals surface area contributed by atoms with E-state index in [1.54, 1.807) is 24.3 Å². The molecule has 0 saturated carbocycles. The van der Waals surface area contributed by atoms with E-state index in [2.05, 4.69) is 25.6 Å². The second kappa shape index (κ2) is 10.0. The summed E-state index contributed by atoms with van der Waals surface area (Å²) in [7, 11) is 0. The fourth-order valence-electron chi connectivity index (χ4n) is 3.56. The number of alkyl halides is 3. The Morgan fingerprint density at radius 2 is 1.79 bits per heavy atom. The molecule has 3 aromatic rings. The first kappa shape index (κ1) is 23.4. The van der Waals surface area contributed by atoms with Gasteiger partial charge in [-0.25, -0.2) is 15.0 Å². The van der Waals surface area contributed by atoms with Gasteiger partial charge in [-0.3, -0.25) is 4.79 Å². The topological polar surface area (TPSA) is 115 Å². The third kappa shape index (κ3) is 6.19. The van der Waals surface area contributed by atoms with E-state index in [0.29, 0.717) is 34.6 Å². The molecule has 0 aliphatic carbocycles. The number of hydrogen-bond donors (Lipinski definition) is 3. The van der Waals surface area contributed by atoms with Crippen molar-refractivity contribution in [2.45, 2.75) is 25.1 Å². The predicted octanol–water partition coefficient (Wildman–Crippen LogP) is 3.21. The number of carbonyl (C=O) groups is 1. The molecule has 11 heteroatoms. The third-order valence-electron chi connectivity index (χ3n) is 5.24. The SMILES string of the molecule is Nc1ncc(-c2cc(C(=O)N[C@@H]3CCCNC3)cc(-c3ccc(OCC(F)(F)F)cc3)n2)cn1. The van der Waals surface area contributed by atoms with Gasteiger partial charge in [0.05, 0.1) is 11.4 Å². The average Bonchev–Trinajstić information content (AvgIpc) is 2.83. The summed E-state index contributed by atoms with van der Waals surface area (Å²) in [4.78, 5) is 25.6. The number of pyridine rings is 1. The lowest BCUT2D eigenvalue weighted by atomic mass is 10.0. The van der Waals surface area contributed by atoms with Gasteiger partial charge in [0.2, 0.25) is 5.95 Å². The number of ether oxygens (including phenoxy) is 1. The van der Waals surface area contributed by atoms with Gasteiger partial charge in [-0.2, -0.15) is 13.2 Å². The quantitative estimate of drug-likeness (QED) is 0.505. The minimum atomic E-state index is -4.42. The molecular formula is C23H23F3N6O2. The highest BCUT2D eigenvalue weighted by molar-refractivity contribution is 5.96. The first-order valence-corrected chi connectivity index (χ1v) is 10.7. The van der Waals surface area contributed by atoms with Crippen LogP contribution in [0.3, 0.4) is 0 Å². The minimum absolute atomic E-state index is 0.0197. The summed E-state index contributed by atoms with van der Waals surface area (Å²) < 4.78 is 42.0. The number of piperidine rings is 1. The number of amides is 1. The van der Waals surface area contributed by atoms with Crippen LogP contribution in [0.4, 0.5) is 19.1 Å². The molecule has 4 rings (SSSR count). The maximum atomic E-state index is 13.0. The number of nitrogens with one attached hydrogen (secondary N) is 2. The van der Waals surface area contributed by atoms with E-state index in [1.807, 2.05) is 0 Å². The van der Waals surface area contributed by atoms with Gasteiger partial charge in [0, 0.05) is 41.7 Å². The van der Waals surface area contributed by atoms with Crippen LogP contribution in [0.25, 0.3) is 22.5 Å². The molecule has 1 saturated heterocycles. The maximum absolute atomic E-state index is 13.0. The number of rotatable bonds is 6.